The Morgan fingerprint density at radius 1 is 1.19 bits per heavy atom. The number of ether oxygens (including phenoxy) is 1. The molecule has 2 heterocycles. The summed E-state index contributed by atoms with van der Waals surface area (Å²) in [5.41, 5.74) is 1.00. The van der Waals surface area contributed by atoms with Crippen LogP contribution in [0.15, 0.2) is 36.5 Å². The Morgan fingerprint density at radius 2 is 1.93 bits per heavy atom. The summed E-state index contributed by atoms with van der Waals surface area (Å²) in [6, 6.07) is 8.39. The lowest BCUT2D eigenvalue weighted by Crippen LogP contribution is -2.44. The number of piperidine rings is 1. The average molecular weight is 409 g/mol. The number of aromatic nitrogens is 1. The lowest BCUT2D eigenvalue weighted by Gasteiger charge is -2.35. The van der Waals surface area contributed by atoms with Gasteiger partial charge in [-0.2, -0.15) is 0 Å². The van der Waals surface area contributed by atoms with E-state index in [1.807, 2.05) is 34.8 Å². The summed E-state index contributed by atoms with van der Waals surface area (Å²) in [6.45, 7) is 0.969. The largest absolute Gasteiger partial charge is 0.462 e. The van der Waals surface area contributed by atoms with Gasteiger partial charge in [0, 0.05) is 42.3 Å². The van der Waals surface area contributed by atoms with E-state index in [9.17, 15) is 9.59 Å². The number of hydrogen-bond donors (Lipinski definition) is 0. The summed E-state index contributed by atoms with van der Waals surface area (Å²) in [6.07, 6.45) is 5.45. The quantitative estimate of drug-likeness (QED) is 0.680. The molecule has 1 saturated heterocycles. The topological polar surface area (TPSA) is 51.5 Å². The SMILES string of the molecule is Cn1cccc1C(=O)N1CCCCC1CCOC(=O)c1cc(Cl)cc(Cl)c1. The molecule has 1 aliphatic heterocycles. The molecular weight excluding hydrogens is 387 g/mol. The van der Waals surface area contributed by atoms with Crippen molar-refractivity contribution in [2.75, 3.05) is 13.2 Å². The third kappa shape index (κ3) is 4.85. The van der Waals surface area contributed by atoms with Crippen molar-refractivity contribution in [3.05, 3.63) is 57.8 Å². The molecule has 5 nitrogen and oxygen atoms in total. The van der Waals surface area contributed by atoms with Gasteiger partial charge >= 0.3 is 5.97 Å². The fraction of sp³-hybridized carbons (Fsp3) is 0.400. The average Bonchev–Trinajstić information content (AvgIpc) is 3.06. The number of nitrogens with zero attached hydrogens (tertiary/aromatic N) is 2. The fourth-order valence-electron chi connectivity index (χ4n) is 3.44. The molecule has 1 amide bonds. The van der Waals surface area contributed by atoms with E-state index in [-0.39, 0.29) is 18.6 Å². The molecule has 2 aromatic rings. The van der Waals surface area contributed by atoms with Crippen LogP contribution in [-0.2, 0) is 11.8 Å². The second-order valence-electron chi connectivity index (χ2n) is 6.74. The molecule has 0 aliphatic carbocycles. The Morgan fingerprint density at radius 3 is 2.59 bits per heavy atom. The first-order valence-electron chi connectivity index (χ1n) is 9.01. The van der Waals surface area contributed by atoms with Gasteiger partial charge in [0.2, 0.25) is 0 Å². The first kappa shape index (κ1) is 19.8. The summed E-state index contributed by atoms with van der Waals surface area (Å²) in [7, 11) is 1.87. The predicted molar refractivity (Wildman–Crippen MR) is 105 cm³/mol. The van der Waals surface area contributed by atoms with E-state index in [4.69, 9.17) is 27.9 Å². The van der Waals surface area contributed by atoms with Crippen molar-refractivity contribution in [1.82, 2.24) is 9.47 Å². The maximum atomic E-state index is 12.9. The zero-order valence-corrected chi connectivity index (χ0v) is 16.7. The first-order valence-corrected chi connectivity index (χ1v) is 9.77. The van der Waals surface area contributed by atoms with Crippen LogP contribution in [0.4, 0.5) is 0 Å². The summed E-state index contributed by atoms with van der Waals surface area (Å²) in [5.74, 6) is -0.435. The summed E-state index contributed by atoms with van der Waals surface area (Å²) < 4.78 is 7.21. The third-order valence-electron chi connectivity index (χ3n) is 4.83. The molecule has 1 aromatic carbocycles. The van der Waals surface area contributed by atoms with Gasteiger partial charge in [0.25, 0.3) is 5.91 Å². The molecule has 1 aliphatic rings. The number of halogens is 2. The van der Waals surface area contributed by atoms with Gasteiger partial charge in [0.05, 0.1) is 12.2 Å². The van der Waals surface area contributed by atoms with Gasteiger partial charge in [-0.15, -0.1) is 0 Å². The van der Waals surface area contributed by atoms with E-state index >= 15 is 0 Å². The van der Waals surface area contributed by atoms with Crippen molar-refractivity contribution in [3.8, 4) is 0 Å². The van der Waals surface area contributed by atoms with Gasteiger partial charge in [-0.3, -0.25) is 4.79 Å². The van der Waals surface area contributed by atoms with Crippen LogP contribution >= 0.6 is 23.2 Å². The van der Waals surface area contributed by atoms with Crippen LogP contribution in [0.1, 0.15) is 46.5 Å². The van der Waals surface area contributed by atoms with Crippen molar-refractivity contribution in [3.63, 3.8) is 0 Å². The predicted octanol–water partition coefficient (Wildman–Crippen LogP) is 4.57. The Labute approximate surface area is 168 Å². The number of amides is 1. The van der Waals surface area contributed by atoms with Gasteiger partial charge in [0.15, 0.2) is 0 Å². The molecule has 1 atom stereocenters. The van der Waals surface area contributed by atoms with Crippen LogP contribution in [-0.4, -0.2) is 40.5 Å². The van der Waals surface area contributed by atoms with Crippen LogP contribution in [0.25, 0.3) is 0 Å². The fourth-order valence-corrected chi connectivity index (χ4v) is 3.97. The molecule has 27 heavy (non-hydrogen) atoms. The van der Waals surface area contributed by atoms with Crippen molar-refractivity contribution < 1.29 is 14.3 Å². The number of carbonyl (C=O) groups excluding carboxylic acids is 2. The Hall–Kier alpha value is -1.98. The normalized spacial score (nSPS) is 17.0. The van der Waals surface area contributed by atoms with Gasteiger partial charge in [-0.25, -0.2) is 4.79 Å². The zero-order chi connectivity index (χ0) is 19.4. The van der Waals surface area contributed by atoms with E-state index in [1.54, 1.807) is 6.07 Å². The molecule has 1 fully saturated rings. The first-order chi connectivity index (χ1) is 13.0. The van der Waals surface area contributed by atoms with E-state index in [1.165, 1.54) is 12.1 Å². The van der Waals surface area contributed by atoms with Crippen LogP contribution in [0.2, 0.25) is 10.0 Å². The minimum atomic E-state index is -0.462. The maximum Gasteiger partial charge on any atom is 0.338 e. The molecule has 0 spiro atoms. The highest BCUT2D eigenvalue weighted by atomic mass is 35.5. The lowest BCUT2D eigenvalue weighted by molar-refractivity contribution is 0.0406. The number of benzene rings is 1. The molecule has 144 valence electrons. The van der Waals surface area contributed by atoms with Crippen LogP contribution in [0.5, 0.6) is 0 Å². The molecular formula is C20H22Cl2N2O3. The van der Waals surface area contributed by atoms with E-state index in [0.29, 0.717) is 27.7 Å². The number of aryl methyl sites for hydroxylation is 1. The molecule has 0 radical (unpaired) electrons. The van der Waals surface area contributed by atoms with Gasteiger partial charge in [-0.1, -0.05) is 23.2 Å². The monoisotopic (exact) mass is 408 g/mol. The summed E-state index contributed by atoms with van der Waals surface area (Å²) in [4.78, 5) is 27.0. The number of rotatable bonds is 5. The van der Waals surface area contributed by atoms with Crippen LogP contribution < -0.4 is 0 Å². The maximum absolute atomic E-state index is 12.9. The molecule has 0 bridgehead atoms. The smallest absolute Gasteiger partial charge is 0.338 e. The number of hydrogen-bond acceptors (Lipinski definition) is 3. The van der Waals surface area contributed by atoms with Crippen molar-refractivity contribution in [1.29, 1.82) is 0 Å². The standard InChI is InChI=1S/C20H22Cl2N2O3/c1-23-8-4-6-18(23)19(25)24-9-3-2-5-17(24)7-10-27-20(26)14-11-15(21)13-16(22)12-14/h4,6,8,11-13,17H,2-3,5,7,9-10H2,1H3. The molecule has 1 unspecified atom stereocenters. The molecule has 3 rings (SSSR count). The zero-order valence-electron chi connectivity index (χ0n) is 15.2. The van der Waals surface area contributed by atoms with Gasteiger partial charge in [0.1, 0.15) is 5.69 Å². The third-order valence-corrected chi connectivity index (χ3v) is 5.27. The highest BCUT2D eigenvalue weighted by Crippen LogP contribution is 2.23. The number of carbonyl (C=O) groups is 2. The van der Waals surface area contributed by atoms with Gasteiger partial charge in [-0.05, 0) is 49.6 Å². The van der Waals surface area contributed by atoms with Crippen molar-refractivity contribution >= 4 is 35.1 Å². The Bertz CT molecular complexity index is 814. The van der Waals surface area contributed by atoms with Crippen LogP contribution in [0, 0.1) is 0 Å². The molecule has 1 aromatic heterocycles. The van der Waals surface area contributed by atoms with E-state index in [0.717, 1.165) is 25.8 Å². The van der Waals surface area contributed by atoms with Crippen molar-refractivity contribution in [2.45, 2.75) is 31.7 Å². The highest BCUT2D eigenvalue weighted by molar-refractivity contribution is 6.35. The Kier molecular flexibility index (Phi) is 6.45. The van der Waals surface area contributed by atoms with Crippen LogP contribution in [0.3, 0.4) is 0 Å². The molecule has 7 heteroatoms. The summed E-state index contributed by atoms with van der Waals surface area (Å²) in [5, 5.41) is 0.780. The second kappa shape index (κ2) is 8.81. The van der Waals surface area contributed by atoms with Gasteiger partial charge < -0.3 is 14.2 Å². The van der Waals surface area contributed by atoms with E-state index < -0.39 is 5.97 Å². The molecule has 0 saturated carbocycles. The number of likely N-dealkylation sites (tertiary alicyclic amines) is 1. The van der Waals surface area contributed by atoms with Crippen molar-refractivity contribution in [2.24, 2.45) is 7.05 Å². The molecule has 0 N–H and O–H groups in total. The minimum absolute atomic E-state index is 0.0279. The minimum Gasteiger partial charge on any atom is -0.462 e. The lowest BCUT2D eigenvalue weighted by atomic mass is 9.99. The summed E-state index contributed by atoms with van der Waals surface area (Å²) >= 11 is 11.9. The Balaban J connectivity index is 1.59. The number of esters is 1. The second-order valence-corrected chi connectivity index (χ2v) is 7.61. The van der Waals surface area contributed by atoms with E-state index in [2.05, 4.69) is 0 Å². The highest BCUT2D eigenvalue weighted by Gasteiger charge is 2.28.